The number of hydrogen-bond acceptors (Lipinski definition) is 4. The van der Waals surface area contributed by atoms with Gasteiger partial charge in [0, 0.05) is 50.4 Å². The van der Waals surface area contributed by atoms with Crippen molar-refractivity contribution < 1.29 is 9.59 Å². The van der Waals surface area contributed by atoms with E-state index in [0.717, 1.165) is 6.42 Å². The van der Waals surface area contributed by atoms with E-state index in [1.165, 1.54) is 0 Å². The highest BCUT2D eigenvalue weighted by atomic mass is 16.2. The number of carbonyl (C=O) groups is 2. The van der Waals surface area contributed by atoms with E-state index in [9.17, 15) is 9.59 Å². The second-order valence-corrected chi connectivity index (χ2v) is 5.27. The van der Waals surface area contributed by atoms with Crippen molar-refractivity contribution >= 4 is 11.8 Å². The Balaban J connectivity index is 1.73. The molecule has 2 fully saturated rings. The van der Waals surface area contributed by atoms with Gasteiger partial charge in [0.05, 0.1) is 5.69 Å². The molecule has 6 nitrogen and oxygen atoms in total. The van der Waals surface area contributed by atoms with Crippen LogP contribution >= 0.6 is 0 Å². The number of aromatic nitrogens is 1. The van der Waals surface area contributed by atoms with Crippen LogP contribution in [0.15, 0.2) is 18.3 Å². The highest BCUT2D eigenvalue weighted by Gasteiger charge is 2.36. The number of hydrogen-bond donors (Lipinski definition) is 1. The third kappa shape index (κ3) is 2.27. The Morgan fingerprint density at radius 3 is 3.10 bits per heavy atom. The Labute approximate surface area is 117 Å². The predicted octanol–water partition coefficient (Wildman–Crippen LogP) is -0.0129. The van der Waals surface area contributed by atoms with E-state index in [0.29, 0.717) is 43.9 Å². The van der Waals surface area contributed by atoms with Gasteiger partial charge in [0.25, 0.3) is 5.91 Å². The molecule has 1 aromatic heterocycles. The lowest BCUT2D eigenvalue weighted by Gasteiger charge is -2.37. The summed E-state index contributed by atoms with van der Waals surface area (Å²) < 4.78 is 0. The van der Waals surface area contributed by atoms with Gasteiger partial charge in [0.15, 0.2) is 0 Å². The lowest BCUT2D eigenvalue weighted by molar-refractivity contribution is -0.130. The number of nitrogens with zero attached hydrogens (tertiary/aromatic N) is 3. The van der Waals surface area contributed by atoms with Gasteiger partial charge < -0.3 is 15.5 Å². The Bertz CT molecular complexity index is 546. The summed E-state index contributed by atoms with van der Waals surface area (Å²) in [6, 6.07) is 3.65. The number of nitrogens with two attached hydrogens (primary N) is 1. The van der Waals surface area contributed by atoms with Gasteiger partial charge in [-0.15, -0.1) is 0 Å². The number of pyridine rings is 1. The van der Waals surface area contributed by atoms with E-state index in [1.54, 1.807) is 18.3 Å². The molecule has 0 aromatic carbocycles. The van der Waals surface area contributed by atoms with Crippen molar-refractivity contribution in [1.82, 2.24) is 14.8 Å². The predicted molar refractivity (Wildman–Crippen MR) is 72.8 cm³/mol. The molecule has 20 heavy (non-hydrogen) atoms. The summed E-state index contributed by atoms with van der Waals surface area (Å²) in [5.41, 5.74) is 6.89. The van der Waals surface area contributed by atoms with Crippen LogP contribution in [0, 0.1) is 0 Å². The number of piperazine rings is 1. The van der Waals surface area contributed by atoms with Crippen molar-refractivity contribution in [2.24, 2.45) is 5.73 Å². The molecule has 0 aliphatic carbocycles. The van der Waals surface area contributed by atoms with Crippen molar-refractivity contribution in [1.29, 1.82) is 0 Å². The average molecular weight is 274 g/mol. The molecule has 106 valence electrons. The van der Waals surface area contributed by atoms with Crippen LogP contribution in [0.25, 0.3) is 0 Å². The molecule has 0 bridgehead atoms. The summed E-state index contributed by atoms with van der Waals surface area (Å²) in [7, 11) is 0. The molecule has 1 unspecified atom stereocenters. The van der Waals surface area contributed by atoms with Crippen LogP contribution < -0.4 is 5.73 Å². The van der Waals surface area contributed by atoms with Crippen molar-refractivity contribution in [2.75, 3.05) is 19.6 Å². The van der Waals surface area contributed by atoms with Crippen LogP contribution in [-0.4, -0.2) is 52.3 Å². The van der Waals surface area contributed by atoms with Gasteiger partial charge in [-0.25, -0.2) is 0 Å². The Morgan fingerprint density at radius 1 is 1.45 bits per heavy atom. The zero-order chi connectivity index (χ0) is 14.1. The number of rotatable bonds is 2. The maximum atomic E-state index is 12.5. The van der Waals surface area contributed by atoms with Gasteiger partial charge in [-0.05, 0) is 18.6 Å². The second-order valence-electron chi connectivity index (χ2n) is 5.27. The lowest BCUT2D eigenvalue weighted by Crippen LogP contribution is -2.53. The Hall–Kier alpha value is -1.95. The lowest BCUT2D eigenvalue weighted by atomic mass is 10.1. The van der Waals surface area contributed by atoms with Gasteiger partial charge in [-0.3, -0.25) is 14.6 Å². The van der Waals surface area contributed by atoms with E-state index < -0.39 is 0 Å². The molecule has 0 spiro atoms. The summed E-state index contributed by atoms with van der Waals surface area (Å²) >= 11 is 0. The van der Waals surface area contributed by atoms with Crippen molar-refractivity contribution in [3.8, 4) is 0 Å². The number of amides is 2. The van der Waals surface area contributed by atoms with Crippen LogP contribution in [0.1, 0.15) is 28.9 Å². The molecule has 2 aliphatic rings. The molecule has 2 saturated heterocycles. The SMILES string of the molecule is NCc1cc(C(=O)N2CCN3C(=O)CCC3C2)ccn1. The minimum absolute atomic E-state index is 0.00102. The maximum Gasteiger partial charge on any atom is 0.254 e. The molecular formula is C14H18N4O2. The van der Waals surface area contributed by atoms with Gasteiger partial charge in [0.1, 0.15) is 0 Å². The van der Waals surface area contributed by atoms with Gasteiger partial charge >= 0.3 is 0 Å². The second kappa shape index (κ2) is 5.20. The molecule has 2 N–H and O–H groups in total. The molecule has 0 radical (unpaired) electrons. The van der Waals surface area contributed by atoms with Crippen molar-refractivity contribution in [3.63, 3.8) is 0 Å². The Morgan fingerprint density at radius 2 is 2.30 bits per heavy atom. The first-order valence-corrected chi connectivity index (χ1v) is 6.93. The first kappa shape index (κ1) is 13.1. The van der Waals surface area contributed by atoms with E-state index >= 15 is 0 Å². The molecule has 3 rings (SSSR count). The molecule has 6 heteroatoms. The molecule has 0 saturated carbocycles. The summed E-state index contributed by atoms with van der Waals surface area (Å²) in [5, 5.41) is 0. The fourth-order valence-corrected chi connectivity index (χ4v) is 2.95. The van der Waals surface area contributed by atoms with E-state index in [-0.39, 0.29) is 17.9 Å². The first-order chi connectivity index (χ1) is 9.69. The largest absolute Gasteiger partial charge is 0.336 e. The number of fused-ring (bicyclic) bond motifs is 1. The van der Waals surface area contributed by atoms with Crippen molar-refractivity contribution in [2.45, 2.75) is 25.4 Å². The molecule has 1 aromatic rings. The number of carbonyl (C=O) groups excluding carboxylic acids is 2. The highest BCUT2D eigenvalue weighted by Crippen LogP contribution is 2.23. The van der Waals surface area contributed by atoms with E-state index in [4.69, 9.17) is 5.73 Å². The van der Waals surface area contributed by atoms with E-state index in [1.807, 2.05) is 9.80 Å². The fraction of sp³-hybridized carbons (Fsp3) is 0.500. The van der Waals surface area contributed by atoms with Gasteiger partial charge in [-0.2, -0.15) is 0 Å². The summed E-state index contributed by atoms with van der Waals surface area (Å²) in [6.07, 6.45) is 3.08. The normalized spacial score (nSPS) is 22.1. The zero-order valence-corrected chi connectivity index (χ0v) is 11.3. The first-order valence-electron chi connectivity index (χ1n) is 6.93. The highest BCUT2D eigenvalue weighted by molar-refractivity contribution is 5.94. The summed E-state index contributed by atoms with van der Waals surface area (Å²) in [5.74, 6) is 0.220. The monoisotopic (exact) mass is 274 g/mol. The summed E-state index contributed by atoms with van der Waals surface area (Å²) in [6.45, 7) is 2.20. The molecule has 2 aliphatic heterocycles. The molecule has 3 heterocycles. The topological polar surface area (TPSA) is 79.5 Å². The minimum atomic E-state index is 0.00102. The molecule has 2 amide bonds. The summed E-state index contributed by atoms with van der Waals surface area (Å²) in [4.78, 5) is 32.0. The Kier molecular flexibility index (Phi) is 3.40. The van der Waals surface area contributed by atoms with Crippen LogP contribution in [0.2, 0.25) is 0 Å². The standard InChI is InChI=1S/C14H18N4O2/c15-8-11-7-10(3-4-16-11)14(20)17-5-6-18-12(9-17)1-2-13(18)19/h3-4,7,12H,1-2,5-6,8-9,15H2. The van der Waals surface area contributed by atoms with Crippen LogP contribution in [0.5, 0.6) is 0 Å². The third-order valence-electron chi connectivity index (χ3n) is 4.05. The average Bonchev–Trinajstić information content (AvgIpc) is 2.87. The quantitative estimate of drug-likeness (QED) is 0.822. The zero-order valence-electron chi connectivity index (χ0n) is 11.3. The minimum Gasteiger partial charge on any atom is -0.336 e. The van der Waals surface area contributed by atoms with Crippen LogP contribution in [0.4, 0.5) is 0 Å². The van der Waals surface area contributed by atoms with Gasteiger partial charge in [0.2, 0.25) is 5.91 Å². The fourth-order valence-electron chi connectivity index (χ4n) is 2.95. The van der Waals surface area contributed by atoms with Crippen LogP contribution in [0.3, 0.4) is 0 Å². The van der Waals surface area contributed by atoms with Gasteiger partial charge in [-0.1, -0.05) is 0 Å². The third-order valence-corrected chi connectivity index (χ3v) is 4.05. The molecular weight excluding hydrogens is 256 g/mol. The van der Waals surface area contributed by atoms with Crippen molar-refractivity contribution in [3.05, 3.63) is 29.6 Å². The maximum absolute atomic E-state index is 12.5. The molecule has 1 atom stereocenters. The van der Waals surface area contributed by atoms with E-state index in [2.05, 4.69) is 4.98 Å². The van der Waals surface area contributed by atoms with Crippen LogP contribution in [-0.2, 0) is 11.3 Å². The smallest absolute Gasteiger partial charge is 0.254 e.